The van der Waals surface area contributed by atoms with Crippen LogP contribution < -0.4 is 0 Å². The van der Waals surface area contributed by atoms with E-state index in [2.05, 4.69) is 15.0 Å². The smallest absolute Gasteiger partial charge is 0.238 e. The molecule has 0 radical (unpaired) electrons. The average molecular weight is 772 g/mol. The van der Waals surface area contributed by atoms with E-state index in [1.165, 1.54) is 0 Å². The molecule has 266 valence electrons. The van der Waals surface area contributed by atoms with Crippen molar-refractivity contribution in [2.24, 2.45) is 0 Å². The van der Waals surface area contributed by atoms with Crippen LogP contribution in [0.3, 0.4) is 0 Å². The maximum Gasteiger partial charge on any atom is 0.238 e. The van der Waals surface area contributed by atoms with Crippen LogP contribution in [-0.4, -0.2) is 19.5 Å². The Morgan fingerprint density at radius 2 is 1.14 bits per heavy atom. The zero-order chi connectivity index (χ0) is 59.2. The Bertz CT molecular complexity index is 4940. The molecule has 0 aliphatic rings. The molecule has 57 heavy (non-hydrogen) atoms. The molecule has 0 atom stereocenters. The van der Waals surface area contributed by atoms with Crippen molar-refractivity contribution in [3.05, 3.63) is 181 Å². The van der Waals surface area contributed by atoms with Crippen molar-refractivity contribution in [3.63, 3.8) is 0 Å². The first-order valence-electron chi connectivity index (χ1n) is 29.5. The Morgan fingerprint density at radius 3 is 1.98 bits per heavy atom. The highest BCUT2D eigenvalue weighted by atomic mass is 32.1. The van der Waals surface area contributed by atoms with Gasteiger partial charge >= 0.3 is 0 Å². The van der Waals surface area contributed by atoms with Crippen molar-refractivity contribution in [2.75, 3.05) is 0 Å². The van der Waals surface area contributed by atoms with Crippen molar-refractivity contribution in [1.82, 2.24) is 19.5 Å². The van der Waals surface area contributed by atoms with E-state index >= 15 is 0 Å². The summed E-state index contributed by atoms with van der Waals surface area (Å²) in [7, 11) is 0. The van der Waals surface area contributed by atoms with Gasteiger partial charge in [0.15, 0.2) is 11.6 Å². The van der Waals surface area contributed by atoms with Gasteiger partial charge in [-0.1, -0.05) is 151 Å². The summed E-state index contributed by atoms with van der Waals surface area (Å²) in [6, 6.07) is -10.7. The highest BCUT2D eigenvalue weighted by molar-refractivity contribution is 7.27. The first kappa shape index (κ1) is 16.0. The SMILES string of the molecule is [2H]c1c([2H])c([2H])c(-c2nc(-c3c([2H])c([2H])c4c(oc5c([2H])c([2H])c([2H])c(-c6c([2H])c([2H])c([2H])c([2H])c6[2H])c54)c3[2H])nc(-n3c4c([2H])c([2H])c([2H])c([2H])c4c4c5sc6c(-c7ccccc7)c([2H])c([2H])c([2H])c6c5c([2H])c([2H])c43)n2)c([2H])c1[2H]. The quantitative estimate of drug-likeness (QED) is 0.175. The molecule has 4 aromatic heterocycles. The second-order valence-electron chi connectivity index (χ2n) is 12.5. The first-order chi connectivity index (χ1) is 38.7. The molecule has 5 nitrogen and oxygen atoms in total. The van der Waals surface area contributed by atoms with Gasteiger partial charge in [-0.25, -0.2) is 4.98 Å². The number of hydrogen-bond acceptors (Lipinski definition) is 5. The molecule has 0 amide bonds. The molecule has 0 saturated heterocycles. The van der Waals surface area contributed by atoms with Crippen LogP contribution in [0.2, 0.25) is 0 Å². The highest BCUT2D eigenvalue weighted by Gasteiger charge is 2.22. The third-order valence-corrected chi connectivity index (χ3v) is 10.5. The molecule has 6 heteroatoms. The zero-order valence-electron chi connectivity index (χ0n) is 53.5. The van der Waals surface area contributed by atoms with Gasteiger partial charge in [0.25, 0.3) is 0 Å². The fourth-order valence-electron chi connectivity index (χ4n) is 6.87. The zero-order valence-corrected chi connectivity index (χ0v) is 29.3. The minimum Gasteiger partial charge on any atom is -0.456 e. The van der Waals surface area contributed by atoms with Gasteiger partial charge in [0.05, 0.1) is 45.3 Å². The number of aromatic nitrogens is 4. The maximum atomic E-state index is 9.79. The molecule has 4 heterocycles. The molecule has 0 saturated carbocycles. The number of para-hydroxylation sites is 1. The second kappa shape index (κ2) is 12.6. The summed E-state index contributed by atoms with van der Waals surface area (Å²) < 4.78 is 232. The number of rotatable bonds is 5. The predicted molar refractivity (Wildman–Crippen MR) is 236 cm³/mol. The van der Waals surface area contributed by atoms with E-state index in [0.717, 1.165) is 15.9 Å². The van der Waals surface area contributed by atoms with Crippen LogP contribution in [0.5, 0.6) is 0 Å². The molecule has 0 bridgehead atoms. The van der Waals surface area contributed by atoms with E-state index in [4.69, 9.17) is 29.1 Å². The van der Waals surface area contributed by atoms with E-state index in [1.54, 1.807) is 30.3 Å². The van der Waals surface area contributed by atoms with Crippen molar-refractivity contribution < 1.29 is 38.7 Å². The number of nitrogens with zero attached hydrogens (tertiary/aromatic N) is 4. The normalized spacial score (nSPS) is 18.0. The molecule has 0 unspecified atom stereocenters. The number of furan rings is 1. The summed E-state index contributed by atoms with van der Waals surface area (Å²) in [4.78, 5) is 13.6. The molecule has 0 fully saturated rings. The number of thiophene rings is 1. The van der Waals surface area contributed by atoms with E-state index in [1.807, 2.05) is 0 Å². The topological polar surface area (TPSA) is 56.7 Å². The Morgan fingerprint density at radius 1 is 0.456 bits per heavy atom. The van der Waals surface area contributed by atoms with Crippen LogP contribution in [-0.2, 0) is 0 Å². The molecular formula is C51H30N4OS. The van der Waals surface area contributed by atoms with Crippen LogP contribution in [0.1, 0.15) is 34.3 Å². The third kappa shape index (κ3) is 4.98. The molecule has 12 rings (SSSR count). The Hall–Kier alpha value is -7.41. The lowest BCUT2D eigenvalue weighted by molar-refractivity contribution is 0.669. The van der Waals surface area contributed by atoms with Crippen molar-refractivity contribution in [3.8, 4) is 51.0 Å². The standard InChI is InChI=1S/C51H30N4OS/c1-4-14-31(15-5-1)35-21-13-25-43-45(35)40-27-26-34(30-44(40)56-43)50-52-49(33-18-8-3-9-19-33)53-51(54-50)55-41-24-11-10-20-39(41)46-42(55)29-28-38-37-23-12-22-36(47(37)57-48(38)46)32-16-6-2-7-17-32/h1-30H/i1D,3D,4D,5D,8D,9D,10D,11D,12D,13D,14D,15D,18D,19D,20D,21D,22D,23D,24D,25D,26D,27D,28D,29D,30D. The maximum absolute atomic E-state index is 9.79. The van der Waals surface area contributed by atoms with Gasteiger partial charge < -0.3 is 4.42 Å². The molecule has 0 aliphatic heterocycles. The molecule has 12 aromatic rings. The summed E-state index contributed by atoms with van der Waals surface area (Å²) in [5, 5.41) is -1.41. The minimum absolute atomic E-state index is 0.00177. The predicted octanol–water partition coefficient (Wildman–Crippen LogP) is 13.9. The van der Waals surface area contributed by atoms with E-state index in [0.29, 0.717) is 5.56 Å². The van der Waals surface area contributed by atoms with Gasteiger partial charge in [0, 0.05) is 52.8 Å². The largest absolute Gasteiger partial charge is 0.456 e. The van der Waals surface area contributed by atoms with Crippen LogP contribution in [0.15, 0.2) is 186 Å². The Balaban J connectivity index is 1.26. The first-order valence-corrected chi connectivity index (χ1v) is 17.8. The second-order valence-corrected chi connectivity index (χ2v) is 13.5. The van der Waals surface area contributed by atoms with Crippen molar-refractivity contribution >= 4 is 75.3 Å². The average Bonchev–Trinajstić information content (AvgIpc) is 2.73. The summed E-state index contributed by atoms with van der Waals surface area (Å²) in [5.41, 5.74) is -4.02. The Labute approximate surface area is 365 Å². The van der Waals surface area contributed by atoms with Gasteiger partial charge in [-0.3, -0.25) is 4.57 Å². The van der Waals surface area contributed by atoms with E-state index in [-0.39, 0.29) is 48.1 Å². The number of benzene rings is 8. The van der Waals surface area contributed by atoms with Gasteiger partial charge in [0.1, 0.15) is 11.2 Å². The summed E-state index contributed by atoms with van der Waals surface area (Å²) >= 11 is 0.923. The molecule has 0 spiro atoms. The monoisotopic (exact) mass is 771 g/mol. The number of fused-ring (bicyclic) bond motifs is 10. The fourth-order valence-corrected chi connectivity index (χ4v) is 8.16. The lowest BCUT2D eigenvalue weighted by Crippen LogP contribution is -2.06. The lowest BCUT2D eigenvalue weighted by Gasteiger charge is -2.11. The van der Waals surface area contributed by atoms with Crippen molar-refractivity contribution in [2.45, 2.75) is 0 Å². The van der Waals surface area contributed by atoms with Gasteiger partial charge in [0.2, 0.25) is 5.95 Å². The van der Waals surface area contributed by atoms with E-state index < -0.39 is 212 Å². The van der Waals surface area contributed by atoms with Crippen LogP contribution in [0.25, 0.3) is 115 Å². The van der Waals surface area contributed by atoms with Crippen LogP contribution in [0.4, 0.5) is 0 Å². The summed E-state index contributed by atoms with van der Waals surface area (Å²) in [5.74, 6) is -2.34. The molecule has 8 aromatic carbocycles. The van der Waals surface area contributed by atoms with Gasteiger partial charge in [-0.15, -0.1) is 11.3 Å². The van der Waals surface area contributed by atoms with Crippen LogP contribution in [0, 0.1) is 0 Å². The molecule has 0 aliphatic carbocycles. The minimum atomic E-state index is -0.932. The summed E-state index contributed by atoms with van der Waals surface area (Å²) in [6.45, 7) is 0. The highest BCUT2D eigenvalue weighted by Crippen LogP contribution is 2.46. The van der Waals surface area contributed by atoms with Crippen LogP contribution >= 0.6 is 11.3 Å². The fraction of sp³-hybridized carbons (Fsp3) is 0. The Kier molecular flexibility index (Phi) is 3.52. The molecular weight excluding hydrogens is 717 g/mol. The van der Waals surface area contributed by atoms with Gasteiger partial charge in [-0.2, -0.15) is 9.97 Å². The van der Waals surface area contributed by atoms with Gasteiger partial charge in [-0.05, 0) is 52.5 Å². The summed E-state index contributed by atoms with van der Waals surface area (Å²) in [6.07, 6.45) is 0. The molecule has 0 N–H and O–H groups in total. The lowest BCUT2D eigenvalue weighted by atomic mass is 9.99. The third-order valence-electron chi connectivity index (χ3n) is 9.30. The van der Waals surface area contributed by atoms with Crippen molar-refractivity contribution in [1.29, 1.82) is 0 Å². The number of hydrogen-bond donors (Lipinski definition) is 0. The van der Waals surface area contributed by atoms with E-state index in [9.17, 15) is 9.60 Å².